The minimum atomic E-state index is -1.88. The quantitative estimate of drug-likeness (QED) is 0.0326. The van der Waals surface area contributed by atoms with Crippen LogP contribution < -0.4 is 39.1 Å². The van der Waals surface area contributed by atoms with Crippen molar-refractivity contribution in [2.24, 2.45) is 0 Å². The van der Waals surface area contributed by atoms with Gasteiger partial charge in [0, 0.05) is 28.1 Å². The number of ether oxygens (including phenoxy) is 6. The molecule has 0 unspecified atom stereocenters. The van der Waals surface area contributed by atoms with Crippen LogP contribution in [0.15, 0.2) is 36.4 Å². The normalized spacial score (nSPS) is 11.4. The fourth-order valence-corrected chi connectivity index (χ4v) is 15.0. The summed E-state index contributed by atoms with van der Waals surface area (Å²) in [6, 6.07) is 11.3. The Balaban J connectivity index is 2.09. The number of unbranched alkanes of at least 4 members (excludes halogenated alkanes) is 54. The number of hydrogen-bond donors (Lipinski definition) is 2. The number of rotatable bonds is 76. The van der Waals surface area contributed by atoms with E-state index in [9.17, 15) is 0 Å². The second-order valence-electron chi connectivity index (χ2n) is 33.4. The third-order valence-electron chi connectivity index (χ3n) is 21.6. The number of carbonyl (C=O) groups is 2. The van der Waals surface area contributed by atoms with E-state index in [-0.39, 0.29) is 11.8 Å². The Bertz CT molecular complexity index is 2490. The van der Waals surface area contributed by atoms with Gasteiger partial charge in [-0.2, -0.15) is 0 Å². The molecule has 0 aliphatic heterocycles. The molecule has 0 aliphatic rings. The molecule has 3 aromatic rings. The molecule has 3 aromatic carbocycles. The molecule has 109 heavy (non-hydrogen) atoms. The van der Waals surface area contributed by atoms with Crippen LogP contribution in [0.3, 0.4) is 0 Å². The van der Waals surface area contributed by atoms with E-state index in [1.165, 1.54) is 308 Å². The average molecular weight is 1530 g/mol. The largest absolute Gasteiger partial charge is 0.490 e. The molecular formula is C98H170N2O8Si. The highest BCUT2D eigenvalue weighted by atomic mass is 28.3. The van der Waals surface area contributed by atoms with Crippen molar-refractivity contribution < 1.29 is 38.0 Å². The van der Waals surface area contributed by atoms with Crippen LogP contribution in [0.25, 0.3) is 0 Å². The number of anilines is 2. The van der Waals surface area contributed by atoms with E-state index in [1.54, 1.807) is 0 Å². The second kappa shape index (κ2) is 68.7. The smallest absolute Gasteiger partial charge is 0.255 e. The van der Waals surface area contributed by atoms with Crippen LogP contribution in [0, 0.1) is 18.4 Å². The third-order valence-corrected chi connectivity index (χ3v) is 22.4. The summed E-state index contributed by atoms with van der Waals surface area (Å²) in [7, 11) is -1.88. The van der Waals surface area contributed by atoms with Crippen molar-refractivity contribution in [1.82, 2.24) is 0 Å². The highest BCUT2D eigenvalue weighted by Crippen LogP contribution is 2.42. The molecule has 0 saturated carbocycles. The molecule has 3 rings (SSSR count). The van der Waals surface area contributed by atoms with E-state index in [0.717, 1.165) is 77.0 Å². The zero-order valence-corrected chi connectivity index (χ0v) is 73.9. The van der Waals surface area contributed by atoms with E-state index in [4.69, 9.17) is 28.4 Å². The lowest BCUT2D eigenvalue weighted by Crippen LogP contribution is -2.18. The summed E-state index contributed by atoms with van der Waals surface area (Å²) in [4.78, 5) is 30.5. The van der Waals surface area contributed by atoms with Gasteiger partial charge >= 0.3 is 0 Å². The maximum atomic E-state index is 15.3. The van der Waals surface area contributed by atoms with Gasteiger partial charge in [-0.15, -0.1) is 5.54 Å². The maximum Gasteiger partial charge on any atom is 0.255 e. The van der Waals surface area contributed by atoms with Crippen molar-refractivity contribution in [3.05, 3.63) is 58.7 Å². The molecule has 0 fully saturated rings. The summed E-state index contributed by atoms with van der Waals surface area (Å²) in [6.45, 7) is 25.5. The number of benzene rings is 3. The summed E-state index contributed by atoms with van der Waals surface area (Å²) >= 11 is 0. The van der Waals surface area contributed by atoms with Crippen LogP contribution in [-0.2, 0) is 0 Å². The number of hydrogen-bond acceptors (Lipinski definition) is 8. The highest BCUT2D eigenvalue weighted by molar-refractivity contribution is 6.83. The van der Waals surface area contributed by atoms with Crippen molar-refractivity contribution in [3.8, 4) is 46.0 Å². The molecule has 2 amide bonds. The zero-order valence-electron chi connectivity index (χ0n) is 72.9. The lowest BCUT2D eigenvalue weighted by atomic mass is 10.1. The van der Waals surface area contributed by atoms with Gasteiger partial charge in [0.25, 0.3) is 11.8 Å². The minimum Gasteiger partial charge on any atom is -0.490 e. The molecule has 0 atom stereocenters. The maximum absolute atomic E-state index is 15.3. The standard InChI is InChI=1S/C98H170N2O8Si/c1-11-17-23-29-35-41-47-53-59-65-72-103-91-81-87(82-92(104-73-66-60-54-48-42-36-30-24-18-12-2)95(91)107-76-69-63-57-51-45-39-33-27-21-15-5)97(101)99-89-79-86(71-78-109(8,9)10)80-90(85(89)7)100-98(102)88-83-93(105-74-67-61-55-49-43-37-31-25-19-13-3)96(108-77-70-64-58-52-46-40-34-28-22-16-6)94(84-88)106-75-68-62-56-50-44-38-32-26-20-14-4/h79-84H,11-70,72-77H2,1-10H3,(H,99,101)(H,100,102). The first-order valence-corrected chi connectivity index (χ1v) is 50.3. The predicted octanol–water partition coefficient (Wildman–Crippen LogP) is 31.5. The Morgan fingerprint density at radius 1 is 0.275 bits per heavy atom. The summed E-state index contributed by atoms with van der Waals surface area (Å²) in [6.07, 6.45) is 74.1. The highest BCUT2D eigenvalue weighted by Gasteiger charge is 2.24. The van der Waals surface area contributed by atoms with E-state index < -0.39 is 8.07 Å². The molecule has 11 heteroatoms. The summed E-state index contributed by atoms with van der Waals surface area (Å²) in [5, 5.41) is 6.67. The van der Waals surface area contributed by atoms with E-state index >= 15 is 9.59 Å². The molecule has 0 bridgehead atoms. The summed E-state index contributed by atoms with van der Waals surface area (Å²) in [5.74, 6) is 6.20. The molecule has 0 heterocycles. The first kappa shape index (κ1) is 98.4. The van der Waals surface area contributed by atoms with Gasteiger partial charge in [0.2, 0.25) is 11.5 Å². The Hall–Kier alpha value is -4.82. The molecular weight excluding hydrogens is 1360 g/mol. The van der Waals surface area contributed by atoms with E-state index in [2.05, 4.69) is 83.3 Å². The zero-order chi connectivity index (χ0) is 78.6. The van der Waals surface area contributed by atoms with E-state index in [0.29, 0.717) is 108 Å². The lowest BCUT2D eigenvalue weighted by molar-refractivity contribution is 0.101. The van der Waals surface area contributed by atoms with Crippen LogP contribution in [-0.4, -0.2) is 59.5 Å². The first-order chi connectivity index (χ1) is 53.4. The van der Waals surface area contributed by atoms with Crippen LogP contribution in [0.2, 0.25) is 19.6 Å². The van der Waals surface area contributed by atoms with Crippen molar-refractivity contribution in [2.75, 3.05) is 50.3 Å². The van der Waals surface area contributed by atoms with Gasteiger partial charge in [-0.3, -0.25) is 9.59 Å². The molecule has 0 spiro atoms. The fraction of sp³-hybridized carbons (Fsp3) is 0.776. The molecule has 624 valence electrons. The Kier molecular flexibility index (Phi) is 62.0. The van der Waals surface area contributed by atoms with E-state index in [1.807, 2.05) is 43.3 Å². The Morgan fingerprint density at radius 3 is 0.651 bits per heavy atom. The topological polar surface area (TPSA) is 114 Å². The molecule has 2 N–H and O–H groups in total. The number of amides is 2. The fourth-order valence-electron chi connectivity index (χ4n) is 14.4. The average Bonchev–Trinajstić information content (AvgIpc) is 0.806. The van der Waals surface area contributed by atoms with Crippen molar-refractivity contribution in [3.63, 3.8) is 0 Å². The molecule has 10 nitrogen and oxygen atoms in total. The van der Waals surface area contributed by atoms with Crippen molar-refractivity contribution in [1.29, 1.82) is 0 Å². The number of nitrogens with one attached hydrogen (secondary N) is 2. The summed E-state index contributed by atoms with van der Waals surface area (Å²) < 4.78 is 40.7. The second-order valence-corrected chi connectivity index (χ2v) is 38.1. The van der Waals surface area contributed by atoms with Gasteiger partial charge in [-0.1, -0.05) is 414 Å². The van der Waals surface area contributed by atoms with Gasteiger partial charge in [-0.05, 0) is 87.4 Å². The van der Waals surface area contributed by atoms with Gasteiger partial charge in [0.1, 0.15) is 8.07 Å². The van der Waals surface area contributed by atoms with Gasteiger partial charge in [0.15, 0.2) is 23.0 Å². The SMILES string of the molecule is CCCCCCCCCCCCOc1cc(C(=O)Nc2cc(C#C[Si](C)(C)C)cc(NC(=O)c3cc(OCCCCCCCCCCCC)c(OCCCCCCCCCCCC)c(OCCCCCCCCCCCC)c3)c2C)cc(OCCCCCCCCCCCC)c1OCCCCCCCCCCCC. The van der Waals surface area contributed by atoms with Crippen LogP contribution in [0.1, 0.15) is 459 Å². The molecule has 0 aliphatic carbocycles. The van der Waals surface area contributed by atoms with Crippen molar-refractivity contribution >= 4 is 31.3 Å². The van der Waals surface area contributed by atoms with Crippen LogP contribution in [0.5, 0.6) is 34.5 Å². The van der Waals surface area contributed by atoms with Crippen molar-refractivity contribution in [2.45, 2.75) is 453 Å². The Labute approximate surface area is 673 Å². The molecule has 0 aromatic heterocycles. The first-order valence-electron chi connectivity index (χ1n) is 46.8. The van der Waals surface area contributed by atoms with Crippen LogP contribution in [0.4, 0.5) is 11.4 Å². The third kappa shape index (κ3) is 51.5. The predicted molar refractivity (Wildman–Crippen MR) is 474 cm³/mol. The molecule has 0 radical (unpaired) electrons. The number of carbonyl (C=O) groups excluding carboxylic acids is 2. The minimum absolute atomic E-state index is 0.314. The van der Waals surface area contributed by atoms with Gasteiger partial charge in [-0.25, -0.2) is 0 Å². The molecule has 0 saturated heterocycles. The lowest BCUT2D eigenvalue weighted by Gasteiger charge is -2.20. The summed E-state index contributed by atoms with van der Waals surface area (Å²) in [5.41, 5.74) is 6.92. The van der Waals surface area contributed by atoms with Gasteiger partial charge < -0.3 is 39.1 Å². The Morgan fingerprint density at radius 2 is 0.459 bits per heavy atom. The monoisotopic (exact) mass is 1530 g/mol. The van der Waals surface area contributed by atoms with Gasteiger partial charge in [0.05, 0.1) is 39.6 Å². The van der Waals surface area contributed by atoms with Crippen LogP contribution >= 0.6 is 0 Å².